The number of hydrogen-bond donors (Lipinski definition) is 1. The van der Waals surface area contributed by atoms with Gasteiger partial charge < -0.3 is 14.2 Å². The van der Waals surface area contributed by atoms with Gasteiger partial charge in [-0.1, -0.05) is 11.6 Å². The summed E-state index contributed by atoms with van der Waals surface area (Å²) in [6.45, 7) is 1.74. The maximum atomic E-state index is 12.1. The third-order valence-corrected chi connectivity index (χ3v) is 4.30. The molecule has 1 heterocycles. The van der Waals surface area contributed by atoms with Gasteiger partial charge in [-0.3, -0.25) is 4.79 Å². The Morgan fingerprint density at radius 1 is 1.36 bits per heavy atom. The van der Waals surface area contributed by atoms with Crippen LogP contribution in [0, 0.1) is 0 Å². The summed E-state index contributed by atoms with van der Waals surface area (Å²) in [5, 5.41) is 4.00. The van der Waals surface area contributed by atoms with E-state index in [1.807, 2.05) is 0 Å². The van der Waals surface area contributed by atoms with Gasteiger partial charge in [0.2, 0.25) is 0 Å². The van der Waals surface area contributed by atoms with Crippen LogP contribution in [0.3, 0.4) is 0 Å². The van der Waals surface area contributed by atoms with Gasteiger partial charge in [0.1, 0.15) is 5.15 Å². The first kappa shape index (κ1) is 21.6. The molecule has 1 N–H and O–H groups in total. The number of pyridine rings is 1. The summed E-state index contributed by atoms with van der Waals surface area (Å²) < 4.78 is 16.1. The number of hydrogen-bond acceptors (Lipinski definition) is 7. The topological polar surface area (TPSA) is 99.1 Å². The van der Waals surface area contributed by atoms with E-state index in [0.717, 1.165) is 0 Å². The molecule has 0 aliphatic carbocycles. The van der Waals surface area contributed by atoms with Gasteiger partial charge in [0.15, 0.2) is 18.1 Å². The van der Waals surface area contributed by atoms with Crippen LogP contribution in [-0.4, -0.2) is 43.4 Å². The fourth-order valence-electron chi connectivity index (χ4n) is 2.04. The van der Waals surface area contributed by atoms with Crippen LogP contribution >= 0.6 is 27.5 Å². The maximum Gasteiger partial charge on any atom is 0.344 e. The Morgan fingerprint density at radius 3 is 2.82 bits per heavy atom. The van der Waals surface area contributed by atoms with Crippen LogP contribution in [0.4, 0.5) is 0 Å². The summed E-state index contributed by atoms with van der Waals surface area (Å²) in [6, 6.07) is 6.40. The molecule has 10 heteroatoms. The number of ether oxygens (including phenoxy) is 3. The summed E-state index contributed by atoms with van der Waals surface area (Å²) in [5.41, 5.74) is 3.19. The summed E-state index contributed by atoms with van der Waals surface area (Å²) >= 11 is 9.26. The molecule has 2 aromatic rings. The molecular weight excluding hydrogens is 454 g/mol. The highest BCUT2D eigenvalue weighted by Crippen LogP contribution is 2.33. The molecule has 1 aromatic carbocycles. The van der Waals surface area contributed by atoms with Crippen molar-refractivity contribution < 1.29 is 23.8 Å². The number of carbonyl (C=O) groups excluding carboxylic acids is 2. The summed E-state index contributed by atoms with van der Waals surface area (Å²) in [6.07, 6.45) is 2.90. The Bertz CT molecular complexity index is 892. The smallest absolute Gasteiger partial charge is 0.344 e. The number of carbonyl (C=O) groups is 2. The monoisotopic (exact) mass is 469 g/mol. The molecule has 0 bridgehead atoms. The second kappa shape index (κ2) is 10.6. The minimum Gasteiger partial charge on any atom is -0.493 e. The van der Waals surface area contributed by atoms with E-state index in [1.165, 1.54) is 25.6 Å². The molecule has 0 saturated carbocycles. The first-order chi connectivity index (χ1) is 13.5. The lowest BCUT2D eigenvalue weighted by molar-refractivity contribution is -0.145. The quantitative estimate of drug-likeness (QED) is 0.275. The highest BCUT2D eigenvalue weighted by molar-refractivity contribution is 9.10. The molecule has 0 atom stereocenters. The molecule has 0 aliphatic heterocycles. The summed E-state index contributed by atoms with van der Waals surface area (Å²) in [4.78, 5) is 27.3. The third-order valence-electron chi connectivity index (χ3n) is 3.31. The molecule has 2 rings (SSSR count). The summed E-state index contributed by atoms with van der Waals surface area (Å²) in [7, 11) is 1.47. The standard InChI is InChI=1S/C18H17BrClN3O5/c1-3-27-16(24)10-28-15-8-13(19)11(7-14(15)26-2)9-22-23-18(25)12-5-4-6-21-17(12)20/h4-9H,3,10H2,1-2H3,(H,23,25). The van der Waals surface area contributed by atoms with Crippen molar-refractivity contribution in [3.8, 4) is 11.5 Å². The highest BCUT2D eigenvalue weighted by Gasteiger charge is 2.13. The lowest BCUT2D eigenvalue weighted by atomic mass is 10.2. The molecule has 0 spiro atoms. The zero-order valence-corrected chi connectivity index (χ0v) is 17.4. The Morgan fingerprint density at radius 2 is 2.14 bits per heavy atom. The van der Waals surface area contributed by atoms with E-state index in [0.29, 0.717) is 21.5 Å². The van der Waals surface area contributed by atoms with Crippen LogP contribution in [0.2, 0.25) is 5.15 Å². The number of halogens is 2. The number of nitrogens with zero attached hydrogens (tertiary/aromatic N) is 2. The van der Waals surface area contributed by atoms with Gasteiger partial charge in [-0.15, -0.1) is 0 Å². The first-order valence-corrected chi connectivity index (χ1v) is 9.23. The van der Waals surface area contributed by atoms with Crippen LogP contribution in [0.5, 0.6) is 11.5 Å². The fraction of sp³-hybridized carbons (Fsp3) is 0.222. The molecule has 148 valence electrons. The van der Waals surface area contributed by atoms with Gasteiger partial charge in [0, 0.05) is 16.2 Å². The molecule has 0 fully saturated rings. The Labute approximate surface area is 175 Å². The predicted octanol–water partition coefficient (Wildman–Crippen LogP) is 3.21. The molecule has 28 heavy (non-hydrogen) atoms. The summed E-state index contributed by atoms with van der Waals surface area (Å²) in [5.74, 6) is -0.240. The minimum absolute atomic E-state index is 0.0844. The van der Waals surface area contributed by atoms with Crippen molar-refractivity contribution in [1.29, 1.82) is 0 Å². The lowest BCUT2D eigenvalue weighted by Gasteiger charge is -2.12. The van der Waals surface area contributed by atoms with Gasteiger partial charge in [0.05, 0.1) is 25.5 Å². The SMILES string of the molecule is CCOC(=O)COc1cc(Br)c(C=NNC(=O)c2cccnc2Cl)cc1OC. The fourth-order valence-corrected chi connectivity index (χ4v) is 2.67. The molecule has 1 aromatic heterocycles. The van der Waals surface area contributed by atoms with Crippen LogP contribution in [-0.2, 0) is 9.53 Å². The number of aromatic nitrogens is 1. The number of rotatable bonds is 8. The normalized spacial score (nSPS) is 10.6. The molecule has 0 radical (unpaired) electrons. The van der Waals surface area contributed by atoms with Gasteiger partial charge >= 0.3 is 5.97 Å². The number of methoxy groups -OCH3 is 1. The van der Waals surface area contributed by atoms with E-state index in [1.54, 1.807) is 25.1 Å². The van der Waals surface area contributed by atoms with Crippen molar-refractivity contribution in [3.05, 3.63) is 51.2 Å². The largest absolute Gasteiger partial charge is 0.493 e. The molecule has 0 unspecified atom stereocenters. The maximum absolute atomic E-state index is 12.1. The van der Waals surface area contributed by atoms with E-state index in [9.17, 15) is 9.59 Å². The molecule has 8 nitrogen and oxygen atoms in total. The first-order valence-electron chi connectivity index (χ1n) is 8.06. The van der Waals surface area contributed by atoms with Gasteiger partial charge in [-0.05, 0) is 47.1 Å². The molecular formula is C18H17BrClN3O5. The molecule has 0 saturated heterocycles. The zero-order chi connectivity index (χ0) is 20.5. The van der Waals surface area contributed by atoms with E-state index < -0.39 is 11.9 Å². The molecule has 0 aliphatic rings. The Balaban J connectivity index is 2.09. The zero-order valence-electron chi connectivity index (χ0n) is 15.1. The Hall–Kier alpha value is -2.65. The second-order valence-electron chi connectivity index (χ2n) is 5.16. The van der Waals surface area contributed by atoms with Gasteiger partial charge in [-0.25, -0.2) is 15.2 Å². The number of nitrogens with one attached hydrogen (secondary N) is 1. The van der Waals surface area contributed by atoms with Crippen LogP contribution in [0.15, 0.2) is 40.0 Å². The van der Waals surface area contributed by atoms with Crippen molar-refractivity contribution >= 4 is 45.6 Å². The lowest BCUT2D eigenvalue weighted by Crippen LogP contribution is -2.18. The highest BCUT2D eigenvalue weighted by atomic mass is 79.9. The minimum atomic E-state index is -0.494. The van der Waals surface area contributed by atoms with Crippen molar-refractivity contribution in [2.45, 2.75) is 6.92 Å². The van der Waals surface area contributed by atoms with Crippen molar-refractivity contribution in [2.75, 3.05) is 20.3 Å². The van der Waals surface area contributed by atoms with Crippen LogP contribution < -0.4 is 14.9 Å². The van der Waals surface area contributed by atoms with Crippen molar-refractivity contribution in [3.63, 3.8) is 0 Å². The molecule has 1 amide bonds. The van der Waals surface area contributed by atoms with E-state index in [-0.39, 0.29) is 23.9 Å². The number of esters is 1. The van der Waals surface area contributed by atoms with E-state index in [4.69, 9.17) is 25.8 Å². The van der Waals surface area contributed by atoms with Crippen molar-refractivity contribution in [1.82, 2.24) is 10.4 Å². The number of amides is 1. The van der Waals surface area contributed by atoms with E-state index in [2.05, 4.69) is 31.4 Å². The van der Waals surface area contributed by atoms with Crippen LogP contribution in [0.25, 0.3) is 0 Å². The number of hydrazone groups is 1. The number of benzene rings is 1. The van der Waals surface area contributed by atoms with Crippen LogP contribution in [0.1, 0.15) is 22.8 Å². The predicted molar refractivity (Wildman–Crippen MR) is 107 cm³/mol. The third kappa shape index (κ3) is 5.93. The van der Waals surface area contributed by atoms with Gasteiger partial charge in [-0.2, -0.15) is 5.10 Å². The van der Waals surface area contributed by atoms with Gasteiger partial charge in [0.25, 0.3) is 5.91 Å². The van der Waals surface area contributed by atoms with Crippen molar-refractivity contribution in [2.24, 2.45) is 5.10 Å². The average molecular weight is 471 g/mol. The Kier molecular flexibility index (Phi) is 8.21. The second-order valence-corrected chi connectivity index (χ2v) is 6.37. The van der Waals surface area contributed by atoms with E-state index >= 15 is 0 Å². The average Bonchev–Trinajstić information content (AvgIpc) is 2.68.